The first-order valence-electron chi connectivity index (χ1n) is 5.60. The Labute approximate surface area is 119 Å². The standard InChI is InChI=1S/C13H10N4O2S/c1-8(17-19)11-7-20-13(15-11)16-12(18)10-4-2-3-9(5-10)6-14/h2-5,7,19H,1H3,(H,15,16,18). The van der Waals surface area contributed by atoms with Gasteiger partial charge in [0.05, 0.1) is 11.6 Å². The minimum Gasteiger partial charge on any atom is -0.411 e. The van der Waals surface area contributed by atoms with E-state index < -0.39 is 0 Å². The number of carbonyl (C=O) groups is 1. The summed E-state index contributed by atoms with van der Waals surface area (Å²) in [4.78, 5) is 16.1. The van der Waals surface area contributed by atoms with Gasteiger partial charge in [-0.2, -0.15) is 5.26 Å². The van der Waals surface area contributed by atoms with Crippen LogP contribution in [-0.4, -0.2) is 21.8 Å². The third-order valence-electron chi connectivity index (χ3n) is 2.50. The number of benzene rings is 1. The Morgan fingerprint density at radius 1 is 1.55 bits per heavy atom. The second kappa shape index (κ2) is 5.95. The highest BCUT2D eigenvalue weighted by atomic mass is 32.1. The SMILES string of the molecule is CC(=NO)c1csc(NC(=O)c2cccc(C#N)c2)n1. The molecule has 1 amide bonds. The van der Waals surface area contributed by atoms with Crippen LogP contribution in [0.1, 0.15) is 28.5 Å². The molecule has 100 valence electrons. The van der Waals surface area contributed by atoms with E-state index in [-0.39, 0.29) is 5.91 Å². The first kappa shape index (κ1) is 13.7. The molecule has 0 bridgehead atoms. The Morgan fingerprint density at radius 3 is 3.05 bits per heavy atom. The van der Waals surface area contributed by atoms with E-state index in [1.165, 1.54) is 17.4 Å². The average molecular weight is 286 g/mol. The van der Waals surface area contributed by atoms with Gasteiger partial charge in [-0.05, 0) is 25.1 Å². The van der Waals surface area contributed by atoms with E-state index in [0.717, 1.165) is 0 Å². The lowest BCUT2D eigenvalue weighted by Gasteiger charge is -2.01. The number of hydrogen-bond acceptors (Lipinski definition) is 6. The van der Waals surface area contributed by atoms with Crippen LogP contribution in [0.3, 0.4) is 0 Å². The van der Waals surface area contributed by atoms with Gasteiger partial charge in [-0.25, -0.2) is 4.98 Å². The average Bonchev–Trinajstić information content (AvgIpc) is 2.95. The van der Waals surface area contributed by atoms with E-state index in [2.05, 4.69) is 15.5 Å². The molecule has 0 unspecified atom stereocenters. The van der Waals surface area contributed by atoms with Crippen molar-refractivity contribution < 1.29 is 10.0 Å². The first-order chi connectivity index (χ1) is 9.63. The van der Waals surface area contributed by atoms with Gasteiger partial charge >= 0.3 is 0 Å². The summed E-state index contributed by atoms with van der Waals surface area (Å²) in [6.07, 6.45) is 0. The molecule has 0 saturated carbocycles. The summed E-state index contributed by atoms with van der Waals surface area (Å²) >= 11 is 1.23. The van der Waals surface area contributed by atoms with Gasteiger partial charge in [0, 0.05) is 10.9 Å². The predicted octanol–water partition coefficient (Wildman–Crippen LogP) is 2.47. The van der Waals surface area contributed by atoms with Gasteiger partial charge < -0.3 is 5.21 Å². The predicted molar refractivity (Wildman–Crippen MR) is 75.2 cm³/mol. The van der Waals surface area contributed by atoms with Crippen molar-refractivity contribution in [2.75, 3.05) is 5.32 Å². The van der Waals surface area contributed by atoms with Crippen molar-refractivity contribution in [3.8, 4) is 6.07 Å². The number of nitriles is 1. The molecule has 0 saturated heterocycles. The molecular formula is C13H10N4O2S. The van der Waals surface area contributed by atoms with E-state index in [1.807, 2.05) is 6.07 Å². The third-order valence-corrected chi connectivity index (χ3v) is 3.26. The minimum atomic E-state index is -0.346. The maximum Gasteiger partial charge on any atom is 0.257 e. The van der Waals surface area contributed by atoms with Gasteiger partial charge in [0.25, 0.3) is 5.91 Å². The summed E-state index contributed by atoms with van der Waals surface area (Å²) in [5, 5.41) is 25.2. The molecule has 7 heteroatoms. The van der Waals surface area contributed by atoms with Crippen LogP contribution < -0.4 is 5.32 Å². The molecule has 0 aliphatic carbocycles. The van der Waals surface area contributed by atoms with Gasteiger partial charge in [-0.1, -0.05) is 11.2 Å². The van der Waals surface area contributed by atoms with Crippen molar-refractivity contribution in [2.45, 2.75) is 6.92 Å². The Morgan fingerprint density at radius 2 is 2.35 bits per heavy atom. The highest BCUT2D eigenvalue weighted by Crippen LogP contribution is 2.17. The highest BCUT2D eigenvalue weighted by Gasteiger charge is 2.10. The van der Waals surface area contributed by atoms with Gasteiger partial charge in [-0.3, -0.25) is 10.1 Å². The van der Waals surface area contributed by atoms with Gasteiger partial charge in [-0.15, -0.1) is 11.3 Å². The number of thiazole rings is 1. The van der Waals surface area contributed by atoms with Gasteiger partial charge in [0.1, 0.15) is 11.4 Å². The summed E-state index contributed by atoms with van der Waals surface area (Å²) in [6.45, 7) is 1.61. The fraction of sp³-hybridized carbons (Fsp3) is 0.0769. The fourth-order valence-electron chi connectivity index (χ4n) is 1.45. The Bertz CT molecular complexity index is 715. The first-order valence-corrected chi connectivity index (χ1v) is 6.48. The quantitative estimate of drug-likeness (QED) is 0.514. The molecule has 1 aromatic carbocycles. The topological polar surface area (TPSA) is 98.4 Å². The monoisotopic (exact) mass is 286 g/mol. The normalized spacial score (nSPS) is 10.9. The van der Waals surface area contributed by atoms with Crippen molar-refractivity contribution in [3.05, 3.63) is 46.5 Å². The number of anilines is 1. The number of nitrogens with one attached hydrogen (secondary N) is 1. The van der Waals surface area contributed by atoms with E-state index in [1.54, 1.807) is 30.5 Å². The van der Waals surface area contributed by atoms with Crippen LogP contribution in [0.25, 0.3) is 0 Å². The number of carbonyl (C=O) groups excluding carboxylic acids is 1. The van der Waals surface area contributed by atoms with Crippen molar-refractivity contribution in [3.63, 3.8) is 0 Å². The molecule has 1 heterocycles. The highest BCUT2D eigenvalue weighted by molar-refractivity contribution is 7.14. The summed E-state index contributed by atoms with van der Waals surface area (Å²) in [6, 6.07) is 8.36. The molecule has 2 N–H and O–H groups in total. The summed E-state index contributed by atoms with van der Waals surface area (Å²) in [7, 11) is 0. The second-order valence-corrected chi connectivity index (χ2v) is 4.73. The zero-order valence-electron chi connectivity index (χ0n) is 10.5. The van der Waals surface area contributed by atoms with E-state index in [0.29, 0.717) is 27.7 Å². The van der Waals surface area contributed by atoms with Crippen LogP contribution in [0.4, 0.5) is 5.13 Å². The maximum atomic E-state index is 12.0. The van der Waals surface area contributed by atoms with Crippen LogP contribution in [0.2, 0.25) is 0 Å². The fourth-order valence-corrected chi connectivity index (χ4v) is 2.20. The smallest absolute Gasteiger partial charge is 0.257 e. The lowest BCUT2D eigenvalue weighted by molar-refractivity contribution is 0.102. The second-order valence-electron chi connectivity index (χ2n) is 3.87. The van der Waals surface area contributed by atoms with Crippen LogP contribution in [0.15, 0.2) is 34.8 Å². The Kier molecular flexibility index (Phi) is 4.08. The summed E-state index contributed by atoms with van der Waals surface area (Å²) in [5.41, 5.74) is 1.67. The van der Waals surface area contributed by atoms with E-state index in [4.69, 9.17) is 10.5 Å². The van der Waals surface area contributed by atoms with Crippen molar-refractivity contribution in [2.24, 2.45) is 5.16 Å². The molecule has 2 aromatic rings. The number of oxime groups is 1. The molecule has 1 aromatic heterocycles. The van der Waals surface area contributed by atoms with E-state index in [9.17, 15) is 4.79 Å². The molecule has 0 aliphatic rings. The third kappa shape index (κ3) is 2.99. The molecule has 0 radical (unpaired) electrons. The molecule has 0 atom stereocenters. The zero-order chi connectivity index (χ0) is 14.5. The minimum absolute atomic E-state index is 0.346. The number of aromatic nitrogens is 1. The number of hydrogen-bond donors (Lipinski definition) is 2. The Balaban J connectivity index is 2.15. The summed E-state index contributed by atoms with van der Waals surface area (Å²) < 4.78 is 0. The van der Waals surface area contributed by atoms with E-state index >= 15 is 0 Å². The number of rotatable bonds is 3. The van der Waals surface area contributed by atoms with Crippen LogP contribution in [-0.2, 0) is 0 Å². The van der Waals surface area contributed by atoms with Crippen molar-refractivity contribution in [1.82, 2.24) is 4.98 Å². The molecule has 0 fully saturated rings. The largest absolute Gasteiger partial charge is 0.411 e. The molecule has 2 rings (SSSR count). The van der Waals surface area contributed by atoms with Crippen molar-refractivity contribution >= 4 is 28.1 Å². The van der Waals surface area contributed by atoms with Gasteiger partial charge in [0.2, 0.25) is 0 Å². The maximum absolute atomic E-state index is 12.0. The van der Waals surface area contributed by atoms with Crippen LogP contribution in [0, 0.1) is 11.3 Å². The Hall–Kier alpha value is -2.72. The molecule has 0 aliphatic heterocycles. The number of amides is 1. The molecule has 0 spiro atoms. The lowest BCUT2D eigenvalue weighted by atomic mass is 10.1. The molecular weight excluding hydrogens is 276 g/mol. The van der Waals surface area contributed by atoms with Crippen molar-refractivity contribution in [1.29, 1.82) is 5.26 Å². The van der Waals surface area contributed by atoms with Crippen LogP contribution in [0.5, 0.6) is 0 Å². The van der Waals surface area contributed by atoms with Crippen LogP contribution >= 0.6 is 11.3 Å². The number of nitrogens with zero attached hydrogens (tertiary/aromatic N) is 3. The zero-order valence-corrected chi connectivity index (χ0v) is 11.3. The molecule has 20 heavy (non-hydrogen) atoms. The summed E-state index contributed by atoms with van der Waals surface area (Å²) in [5.74, 6) is -0.346. The van der Waals surface area contributed by atoms with Gasteiger partial charge in [0.15, 0.2) is 5.13 Å². The lowest BCUT2D eigenvalue weighted by Crippen LogP contribution is -2.12. The molecule has 6 nitrogen and oxygen atoms in total.